The maximum absolute atomic E-state index is 7.28. The van der Waals surface area contributed by atoms with Gasteiger partial charge in [0.2, 0.25) is 0 Å². The van der Waals surface area contributed by atoms with E-state index in [0.717, 1.165) is 103 Å². The third-order valence-electron chi connectivity index (χ3n) is 18.3. The zero-order valence-electron chi connectivity index (χ0n) is 59.8. The first kappa shape index (κ1) is 75.3. The van der Waals surface area contributed by atoms with Gasteiger partial charge in [-0.2, -0.15) is 0 Å². The first-order valence-corrected chi connectivity index (χ1v) is 35.1. The Morgan fingerprint density at radius 1 is 0.206 bits per heavy atom. The van der Waals surface area contributed by atoms with Crippen LogP contribution in [0.2, 0.25) is 0 Å². The van der Waals surface area contributed by atoms with Crippen LogP contribution < -0.4 is 28.4 Å². The lowest BCUT2D eigenvalue weighted by Crippen LogP contribution is -2.42. The van der Waals surface area contributed by atoms with E-state index in [9.17, 15) is 0 Å². The van der Waals surface area contributed by atoms with Gasteiger partial charge in [0.25, 0.3) is 0 Å². The molecule has 14 nitrogen and oxygen atoms in total. The van der Waals surface area contributed by atoms with Gasteiger partial charge in [-0.15, -0.1) is 0 Å². The van der Waals surface area contributed by atoms with Crippen LogP contribution in [0.25, 0.3) is 0 Å². The van der Waals surface area contributed by atoms with Gasteiger partial charge >= 0.3 is 0 Å². The standard InChI is InChI=1S/C88H98O14/c1-89-79-44-32-73(33-45-79)86(70-26-13-8-14-27-70,74-34-46-80(90-2)47-35-74)100-61-21-58-97-66-85(65-96-57-20-19-56-95-64-69-24-11-7-12-25-69,67-98-59-22-62-101-87(71-28-15-9-16-29-71,75-36-48-81(91-3)49-37-75)76-38-50-82(92-4)51-39-76)68-99-60-23-63-102-88(72-30-17-10-18-31-72,77-40-52-83(93-5)53-41-77)78-42-54-84(94-6)55-43-78/h7-18,24-55H,19-23,56-68H2,1-6H3. The van der Waals surface area contributed by atoms with Crippen molar-refractivity contribution >= 4 is 0 Å². The Kier molecular flexibility index (Phi) is 29.0. The van der Waals surface area contributed by atoms with Gasteiger partial charge in [-0.25, -0.2) is 0 Å². The summed E-state index contributed by atoms with van der Waals surface area (Å²) in [4.78, 5) is 0. The van der Waals surface area contributed by atoms with Crippen molar-refractivity contribution in [3.63, 3.8) is 0 Å². The zero-order chi connectivity index (χ0) is 71.0. The van der Waals surface area contributed by atoms with E-state index in [1.807, 2.05) is 146 Å². The molecule has 0 saturated carbocycles. The second-order valence-corrected chi connectivity index (χ2v) is 25.1. The summed E-state index contributed by atoms with van der Waals surface area (Å²) in [6, 6.07) is 89.7. The summed E-state index contributed by atoms with van der Waals surface area (Å²) in [7, 11) is 10.0. The molecule has 10 aromatic rings. The van der Waals surface area contributed by atoms with Crippen LogP contribution >= 0.6 is 0 Å². The highest BCUT2D eigenvalue weighted by molar-refractivity contribution is 5.53. The molecule has 0 spiro atoms. The van der Waals surface area contributed by atoms with Crippen LogP contribution in [-0.4, -0.2) is 122 Å². The average molecular weight is 1380 g/mol. The minimum absolute atomic E-state index is 0.263. The molecule has 0 atom stereocenters. The molecule has 0 aromatic heterocycles. The van der Waals surface area contributed by atoms with E-state index in [4.69, 9.17) is 66.3 Å². The third kappa shape index (κ3) is 19.4. The highest BCUT2D eigenvalue weighted by atomic mass is 16.5. The Bertz CT molecular complexity index is 3420. The van der Waals surface area contributed by atoms with Crippen LogP contribution in [0.15, 0.2) is 267 Å². The van der Waals surface area contributed by atoms with E-state index >= 15 is 0 Å². The lowest BCUT2D eigenvalue weighted by Gasteiger charge is -2.36. The summed E-state index contributed by atoms with van der Waals surface area (Å²) in [6.07, 6.45) is 3.31. The van der Waals surface area contributed by atoms with E-state index in [2.05, 4.69) is 121 Å². The molecule has 10 aromatic carbocycles. The molecule has 0 aliphatic heterocycles. The predicted octanol–water partition coefficient (Wildman–Crippen LogP) is 17.3. The SMILES string of the molecule is COc1ccc(C(OCCCOCC(COCCCCOCc2ccccc2)(COCCCOC(c2ccccc2)(c2ccc(OC)cc2)c2ccc(OC)cc2)COCCCOC(c2ccccc2)(c2ccc(OC)cc2)c2ccc(OC)cc2)(c2ccccc2)c2ccc(OC)cc2)cc1. The minimum atomic E-state index is -0.993. The van der Waals surface area contributed by atoms with Crippen molar-refractivity contribution in [1.82, 2.24) is 0 Å². The molecule has 0 aliphatic rings. The average Bonchev–Trinajstić information content (AvgIpc) is 0.769. The number of benzene rings is 10. The number of hydrogen-bond donors (Lipinski definition) is 0. The molecule has 534 valence electrons. The molecule has 102 heavy (non-hydrogen) atoms. The summed E-state index contributed by atoms with van der Waals surface area (Å²) in [6.45, 7) is 4.92. The molecule has 0 saturated heterocycles. The Hall–Kier alpha value is -9.32. The van der Waals surface area contributed by atoms with E-state index in [1.165, 1.54) is 0 Å². The Morgan fingerprint density at radius 3 is 0.647 bits per heavy atom. The summed E-state index contributed by atoms with van der Waals surface area (Å²) < 4.78 is 89.2. The molecule has 0 radical (unpaired) electrons. The van der Waals surface area contributed by atoms with Crippen molar-refractivity contribution in [1.29, 1.82) is 0 Å². The maximum Gasteiger partial charge on any atom is 0.143 e. The van der Waals surface area contributed by atoms with Crippen molar-refractivity contribution in [2.24, 2.45) is 5.41 Å². The second-order valence-electron chi connectivity index (χ2n) is 25.1. The molecule has 0 amide bonds. The molecule has 0 aliphatic carbocycles. The van der Waals surface area contributed by atoms with Crippen LogP contribution in [0, 0.1) is 5.41 Å². The van der Waals surface area contributed by atoms with E-state index in [-0.39, 0.29) is 19.8 Å². The summed E-state index contributed by atoms with van der Waals surface area (Å²) >= 11 is 0. The Balaban J connectivity index is 0.903. The normalized spacial score (nSPS) is 11.9. The fraction of sp³-hybridized carbons (Fsp3) is 0.318. The smallest absolute Gasteiger partial charge is 0.143 e. The van der Waals surface area contributed by atoms with Crippen molar-refractivity contribution in [3.8, 4) is 34.5 Å². The second kappa shape index (κ2) is 39.2. The minimum Gasteiger partial charge on any atom is -0.497 e. The van der Waals surface area contributed by atoms with Crippen LogP contribution in [0.5, 0.6) is 34.5 Å². The summed E-state index contributed by atoms with van der Waals surface area (Å²) in [5, 5.41) is 0. The molecule has 0 heterocycles. The van der Waals surface area contributed by atoms with Crippen LogP contribution in [0.4, 0.5) is 0 Å². The lowest BCUT2D eigenvalue weighted by molar-refractivity contribution is -0.113. The number of ether oxygens (including phenoxy) is 14. The number of rotatable bonds is 45. The first-order chi connectivity index (χ1) is 50.2. The Morgan fingerprint density at radius 2 is 0.412 bits per heavy atom. The zero-order valence-corrected chi connectivity index (χ0v) is 59.8. The number of unbranched alkanes of at least 4 members (excludes halogenated alkanes) is 1. The van der Waals surface area contributed by atoms with Crippen molar-refractivity contribution in [2.75, 3.05) is 122 Å². The van der Waals surface area contributed by atoms with Gasteiger partial charge in [0, 0.05) is 33.0 Å². The number of hydrogen-bond acceptors (Lipinski definition) is 14. The summed E-state index contributed by atoms with van der Waals surface area (Å²) in [5.41, 5.74) is 6.01. The van der Waals surface area contributed by atoms with Gasteiger partial charge in [0.15, 0.2) is 0 Å². The van der Waals surface area contributed by atoms with E-state index in [1.54, 1.807) is 42.7 Å². The monoisotopic (exact) mass is 1380 g/mol. The molecular weight excluding hydrogens is 1280 g/mol. The van der Waals surface area contributed by atoms with E-state index < -0.39 is 22.2 Å². The third-order valence-corrected chi connectivity index (χ3v) is 18.3. The van der Waals surface area contributed by atoms with Gasteiger partial charge in [-0.3, -0.25) is 0 Å². The predicted molar refractivity (Wildman–Crippen MR) is 400 cm³/mol. The highest BCUT2D eigenvalue weighted by Crippen LogP contribution is 2.45. The van der Waals surface area contributed by atoms with Crippen molar-refractivity contribution in [2.45, 2.75) is 55.5 Å². The highest BCUT2D eigenvalue weighted by Gasteiger charge is 2.41. The summed E-state index contributed by atoms with van der Waals surface area (Å²) in [5.74, 6) is 4.49. The quantitative estimate of drug-likeness (QED) is 0.0265. The topological polar surface area (TPSA) is 129 Å². The molecule has 0 unspecified atom stereocenters. The molecule has 0 bridgehead atoms. The number of methoxy groups -OCH3 is 6. The fourth-order valence-corrected chi connectivity index (χ4v) is 13.0. The van der Waals surface area contributed by atoms with Gasteiger partial charge in [-0.1, -0.05) is 194 Å². The van der Waals surface area contributed by atoms with Crippen LogP contribution in [0.3, 0.4) is 0 Å². The molecule has 10 rings (SSSR count). The van der Waals surface area contributed by atoms with Gasteiger partial charge < -0.3 is 66.3 Å². The molecule has 0 fully saturated rings. The largest absolute Gasteiger partial charge is 0.497 e. The van der Waals surface area contributed by atoms with Gasteiger partial charge in [0.1, 0.15) is 51.3 Å². The molecule has 0 N–H and O–H groups in total. The first-order valence-electron chi connectivity index (χ1n) is 35.1. The van der Waals surface area contributed by atoms with Crippen molar-refractivity contribution in [3.05, 3.63) is 323 Å². The van der Waals surface area contributed by atoms with E-state index in [0.29, 0.717) is 85.3 Å². The van der Waals surface area contributed by atoms with Gasteiger partial charge in [0.05, 0.1) is 101 Å². The molecular formula is C88H98O14. The fourth-order valence-electron chi connectivity index (χ4n) is 13.0. The van der Waals surface area contributed by atoms with Crippen LogP contribution in [0.1, 0.15) is 87.7 Å². The van der Waals surface area contributed by atoms with Gasteiger partial charge in [-0.05, 0) is 161 Å². The molecule has 14 heteroatoms. The Labute approximate surface area is 603 Å². The maximum atomic E-state index is 7.28. The lowest BCUT2D eigenvalue weighted by atomic mass is 9.80. The van der Waals surface area contributed by atoms with Crippen LogP contribution in [-0.2, 0) is 61.3 Å². The van der Waals surface area contributed by atoms with Crippen molar-refractivity contribution < 1.29 is 66.3 Å².